The number of rotatable bonds is 8. The minimum absolute atomic E-state index is 0. The Kier molecular flexibility index (Phi) is 8.76. The Hall–Kier alpha value is -1.41. The number of ether oxygens (including phenoxy) is 1. The lowest BCUT2D eigenvalue weighted by Gasteiger charge is -2.04. The number of aromatic nitrogens is 3. The molecule has 2 aromatic rings. The normalized spacial score (nSPS) is 10.0. The van der Waals surface area contributed by atoms with E-state index in [0.717, 1.165) is 13.0 Å². The summed E-state index contributed by atoms with van der Waals surface area (Å²) in [5.41, 5.74) is 0. The highest BCUT2D eigenvalue weighted by Crippen LogP contribution is 2.10. The molecule has 0 radical (unpaired) electrons. The van der Waals surface area contributed by atoms with Gasteiger partial charge < -0.3 is 26.2 Å². The Balaban J connectivity index is 0.00000242. The fourth-order valence-corrected chi connectivity index (χ4v) is 2.34. The van der Waals surface area contributed by atoms with Crippen molar-refractivity contribution in [2.45, 2.75) is 26.3 Å². The van der Waals surface area contributed by atoms with Crippen LogP contribution in [0.2, 0.25) is 0 Å². The zero-order valence-electron chi connectivity index (χ0n) is 12.3. The van der Waals surface area contributed by atoms with Crippen LogP contribution in [0.25, 0.3) is 0 Å². The molecule has 0 unspecified atom stereocenters. The molecule has 0 bridgehead atoms. The first kappa shape index (κ1) is 18.6. The second-order valence-corrected chi connectivity index (χ2v) is 5.52. The SMILES string of the molecule is CCC[n+]1ccc(OCC(=O)SCCc2ncno2)cc1.[Br-]. The van der Waals surface area contributed by atoms with Crippen LogP contribution in [0.5, 0.6) is 5.75 Å². The van der Waals surface area contributed by atoms with Crippen molar-refractivity contribution < 1.29 is 35.6 Å². The zero-order chi connectivity index (χ0) is 14.9. The Bertz CT molecular complexity index is 549. The van der Waals surface area contributed by atoms with E-state index in [0.29, 0.717) is 23.8 Å². The number of thioether (sulfide) groups is 1. The predicted molar refractivity (Wildman–Crippen MR) is 77.9 cm³/mol. The summed E-state index contributed by atoms with van der Waals surface area (Å²) in [5.74, 6) is 1.85. The Morgan fingerprint density at radius 1 is 1.41 bits per heavy atom. The van der Waals surface area contributed by atoms with Gasteiger partial charge in [0, 0.05) is 30.7 Å². The number of carbonyl (C=O) groups excluding carboxylic acids is 1. The maximum atomic E-state index is 11.7. The summed E-state index contributed by atoms with van der Waals surface area (Å²) >= 11 is 1.21. The predicted octanol–water partition coefficient (Wildman–Crippen LogP) is -1.35. The van der Waals surface area contributed by atoms with Crippen LogP contribution in [0.3, 0.4) is 0 Å². The lowest BCUT2D eigenvalue weighted by Crippen LogP contribution is -3.00. The first-order chi connectivity index (χ1) is 10.3. The smallest absolute Gasteiger partial charge is 0.227 e. The molecule has 0 amide bonds. The van der Waals surface area contributed by atoms with Gasteiger partial charge in [0.15, 0.2) is 25.3 Å². The van der Waals surface area contributed by atoms with Crippen molar-refractivity contribution in [3.63, 3.8) is 0 Å². The van der Waals surface area contributed by atoms with Gasteiger partial charge in [-0.25, -0.2) is 4.57 Å². The third kappa shape index (κ3) is 6.57. The Morgan fingerprint density at radius 3 is 2.82 bits per heavy atom. The number of halogens is 1. The molecular weight excluding hydrogens is 370 g/mol. The number of aryl methyl sites for hydroxylation is 2. The van der Waals surface area contributed by atoms with Crippen LogP contribution in [0.15, 0.2) is 35.4 Å². The molecule has 0 saturated carbocycles. The minimum Gasteiger partial charge on any atom is -1.00 e. The van der Waals surface area contributed by atoms with Gasteiger partial charge >= 0.3 is 0 Å². The molecule has 2 rings (SSSR count). The van der Waals surface area contributed by atoms with Crippen LogP contribution in [-0.2, 0) is 17.8 Å². The molecule has 0 aliphatic carbocycles. The van der Waals surface area contributed by atoms with Gasteiger partial charge in [-0.15, -0.1) is 0 Å². The standard InChI is InChI=1S/C14H18N3O3S.BrH/c1-2-6-17-7-3-12(4-8-17)19-10-14(18)21-9-5-13-15-11-16-20-13;/h3-4,7-8,11H,2,5-6,9-10H2,1H3;1H/q+1;/p-1. The van der Waals surface area contributed by atoms with Gasteiger partial charge in [0.05, 0.1) is 0 Å². The van der Waals surface area contributed by atoms with E-state index in [4.69, 9.17) is 9.26 Å². The summed E-state index contributed by atoms with van der Waals surface area (Å²) in [6.45, 7) is 3.17. The summed E-state index contributed by atoms with van der Waals surface area (Å²) in [5, 5.41) is 3.50. The Labute approximate surface area is 144 Å². The van der Waals surface area contributed by atoms with Gasteiger partial charge in [-0.3, -0.25) is 4.79 Å². The van der Waals surface area contributed by atoms with Crippen molar-refractivity contribution >= 4 is 16.9 Å². The van der Waals surface area contributed by atoms with Crippen molar-refractivity contribution in [1.82, 2.24) is 10.1 Å². The number of carbonyl (C=O) groups is 1. The molecule has 0 spiro atoms. The maximum Gasteiger partial charge on any atom is 0.227 e. The molecule has 2 heterocycles. The van der Waals surface area contributed by atoms with E-state index < -0.39 is 0 Å². The molecule has 0 saturated heterocycles. The van der Waals surface area contributed by atoms with Crippen LogP contribution in [-0.4, -0.2) is 27.6 Å². The van der Waals surface area contributed by atoms with E-state index in [2.05, 4.69) is 21.6 Å². The topological polar surface area (TPSA) is 69.1 Å². The molecule has 8 heteroatoms. The van der Waals surface area contributed by atoms with E-state index in [1.165, 1.54) is 18.1 Å². The van der Waals surface area contributed by atoms with Crippen molar-refractivity contribution in [2.24, 2.45) is 0 Å². The highest BCUT2D eigenvalue weighted by atomic mass is 79.9. The monoisotopic (exact) mass is 387 g/mol. The minimum atomic E-state index is -0.0141. The van der Waals surface area contributed by atoms with Crippen LogP contribution < -0.4 is 26.3 Å². The van der Waals surface area contributed by atoms with Gasteiger partial charge in [-0.1, -0.05) is 23.8 Å². The van der Waals surface area contributed by atoms with Crippen molar-refractivity contribution in [3.05, 3.63) is 36.7 Å². The molecular formula is C14H18BrN3O3S. The molecule has 2 aromatic heterocycles. The van der Waals surface area contributed by atoms with Gasteiger partial charge in [0.25, 0.3) is 0 Å². The summed E-state index contributed by atoms with van der Waals surface area (Å²) in [6.07, 6.45) is 6.92. The summed E-state index contributed by atoms with van der Waals surface area (Å²) in [7, 11) is 0. The lowest BCUT2D eigenvalue weighted by atomic mass is 10.4. The van der Waals surface area contributed by atoms with Crippen LogP contribution in [0, 0.1) is 0 Å². The third-order valence-electron chi connectivity index (χ3n) is 2.68. The van der Waals surface area contributed by atoms with Crippen molar-refractivity contribution in [1.29, 1.82) is 0 Å². The van der Waals surface area contributed by atoms with E-state index >= 15 is 0 Å². The molecule has 120 valence electrons. The van der Waals surface area contributed by atoms with Gasteiger partial charge in [0.1, 0.15) is 12.3 Å². The molecule has 0 aromatic carbocycles. The first-order valence-corrected chi connectivity index (χ1v) is 7.79. The molecule has 0 aliphatic rings. The van der Waals surface area contributed by atoms with Crippen LogP contribution in [0.1, 0.15) is 19.2 Å². The summed E-state index contributed by atoms with van der Waals surface area (Å²) < 4.78 is 12.4. The van der Waals surface area contributed by atoms with Gasteiger partial charge in [0.2, 0.25) is 11.0 Å². The third-order valence-corrected chi connectivity index (χ3v) is 3.53. The van der Waals surface area contributed by atoms with Crippen molar-refractivity contribution in [2.75, 3.05) is 12.4 Å². The second-order valence-electron chi connectivity index (χ2n) is 4.37. The molecule has 22 heavy (non-hydrogen) atoms. The van der Waals surface area contributed by atoms with E-state index in [-0.39, 0.29) is 28.7 Å². The largest absolute Gasteiger partial charge is 1.00 e. The highest BCUT2D eigenvalue weighted by molar-refractivity contribution is 8.13. The highest BCUT2D eigenvalue weighted by Gasteiger charge is 2.07. The number of hydrogen-bond acceptors (Lipinski definition) is 6. The van der Waals surface area contributed by atoms with E-state index in [1.54, 1.807) is 0 Å². The fourth-order valence-electron chi connectivity index (χ4n) is 1.69. The van der Waals surface area contributed by atoms with Crippen molar-refractivity contribution in [3.8, 4) is 5.75 Å². The maximum absolute atomic E-state index is 11.7. The Morgan fingerprint density at radius 2 is 2.18 bits per heavy atom. The number of pyridine rings is 1. The average molecular weight is 388 g/mol. The van der Waals surface area contributed by atoms with E-state index in [9.17, 15) is 4.79 Å². The summed E-state index contributed by atoms with van der Waals surface area (Å²) in [6, 6.07) is 3.73. The second kappa shape index (κ2) is 10.3. The molecule has 0 N–H and O–H groups in total. The molecule has 6 nitrogen and oxygen atoms in total. The van der Waals surface area contributed by atoms with Crippen LogP contribution >= 0.6 is 11.8 Å². The number of nitrogens with zero attached hydrogens (tertiary/aromatic N) is 3. The summed E-state index contributed by atoms with van der Waals surface area (Å²) in [4.78, 5) is 15.6. The van der Waals surface area contributed by atoms with Gasteiger partial charge in [-0.2, -0.15) is 4.98 Å². The van der Waals surface area contributed by atoms with E-state index in [1.807, 2.05) is 24.5 Å². The molecule has 0 atom stereocenters. The first-order valence-electron chi connectivity index (χ1n) is 6.81. The quantitative estimate of drug-likeness (QED) is 0.521. The fraction of sp³-hybridized carbons (Fsp3) is 0.429. The molecule has 0 fully saturated rings. The van der Waals surface area contributed by atoms with Gasteiger partial charge in [-0.05, 0) is 0 Å². The lowest BCUT2D eigenvalue weighted by molar-refractivity contribution is -0.697. The number of hydrogen-bond donors (Lipinski definition) is 0. The molecule has 0 aliphatic heterocycles. The zero-order valence-corrected chi connectivity index (χ0v) is 14.7. The average Bonchev–Trinajstić information content (AvgIpc) is 3.00. The van der Waals surface area contributed by atoms with Crippen LogP contribution in [0.4, 0.5) is 0 Å².